The molecule has 0 radical (unpaired) electrons. The molecule has 0 fully saturated rings. The molecule has 3 aromatic rings. The average Bonchev–Trinajstić information content (AvgIpc) is 3.01. The number of anilines is 1. The summed E-state index contributed by atoms with van der Waals surface area (Å²) in [5.41, 5.74) is 0.947. The molecular formula is C13H11N5O4. The summed E-state index contributed by atoms with van der Waals surface area (Å²) in [7, 11) is 0. The molecule has 9 heteroatoms. The number of amides is 1. The molecule has 22 heavy (non-hydrogen) atoms. The van der Waals surface area contributed by atoms with Gasteiger partial charge in [-0.15, -0.1) is 0 Å². The van der Waals surface area contributed by atoms with E-state index in [1.54, 1.807) is 13.8 Å². The van der Waals surface area contributed by atoms with Crippen molar-refractivity contribution in [1.29, 1.82) is 0 Å². The number of benzene rings is 1. The fourth-order valence-electron chi connectivity index (χ4n) is 2.12. The Hall–Kier alpha value is -3.23. The molecule has 0 aliphatic carbocycles. The number of aryl methyl sites for hydroxylation is 2. The number of nitrogens with one attached hydrogen (secondary N) is 2. The van der Waals surface area contributed by atoms with Gasteiger partial charge in [0.1, 0.15) is 0 Å². The molecule has 0 bridgehead atoms. The van der Waals surface area contributed by atoms with Crippen LogP contribution in [0.5, 0.6) is 0 Å². The Morgan fingerprint density at radius 3 is 2.82 bits per heavy atom. The molecule has 3 rings (SSSR count). The van der Waals surface area contributed by atoms with Crippen LogP contribution in [0.4, 0.5) is 11.5 Å². The maximum atomic E-state index is 12.2. The highest BCUT2D eigenvalue weighted by Crippen LogP contribution is 2.25. The van der Waals surface area contributed by atoms with E-state index in [1.165, 1.54) is 18.2 Å². The summed E-state index contributed by atoms with van der Waals surface area (Å²) in [6.07, 6.45) is 0. The van der Waals surface area contributed by atoms with Gasteiger partial charge >= 0.3 is 0 Å². The molecule has 0 atom stereocenters. The Balaban J connectivity index is 1.96. The van der Waals surface area contributed by atoms with E-state index in [9.17, 15) is 14.9 Å². The summed E-state index contributed by atoms with van der Waals surface area (Å²) in [4.78, 5) is 26.5. The lowest BCUT2D eigenvalue weighted by atomic mass is 10.2. The van der Waals surface area contributed by atoms with Gasteiger partial charge in [0.2, 0.25) is 5.76 Å². The second-order valence-corrected chi connectivity index (χ2v) is 4.66. The average molecular weight is 301 g/mol. The molecule has 2 heterocycles. The molecule has 112 valence electrons. The summed E-state index contributed by atoms with van der Waals surface area (Å²) in [5, 5.41) is 20.5. The third kappa shape index (κ3) is 2.28. The van der Waals surface area contributed by atoms with Gasteiger partial charge < -0.3 is 9.73 Å². The van der Waals surface area contributed by atoms with Gasteiger partial charge in [0.15, 0.2) is 11.7 Å². The van der Waals surface area contributed by atoms with Crippen LogP contribution in [0, 0.1) is 24.0 Å². The number of rotatable bonds is 3. The van der Waals surface area contributed by atoms with Gasteiger partial charge in [-0.25, -0.2) is 4.98 Å². The zero-order valence-corrected chi connectivity index (χ0v) is 11.7. The van der Waals surface area contributed by atoms with Gasteiger partial charge in [0.25, 0.3) is 11.6 Å². The van der Waals surface area contributed by atoms with E-state index in [0.717, 1.165) is 0 Å². The van der Waals surface area contributed by atoms with Crippen LogP contribution in [0.25, 0.3) is 10.9 Å². The highest BCUT2D eigenvalue weighted by Gasteiger charge is 2.19. The number of oxazole rings is 1. The number of non-ortho nitro benzene ring substituents is 1. The number of carbonyl (C=O) groups excluding carboxylic acids is 1. The Morgan fingerprint density at radius 2 is 2.18 bits per heavy atom. The number of hydrogen-bond donors (Lipinski definition) is 2. The van der Waals surface area contributed by atoms with E-state index in [1.807, 2.05) is 0 Å². The minimum Gasteiger partial charge on any atom is -0.436 e. The van der Waals surface area contributed by atoms with Gasteiger partial charge in [-0.2, -0.15) is 5.10 Å². The van der Waals surface area contributed by atoms with E-state index < -0.39 is 10.8 Å². The van der Waals surface area contributed by atoms with Crippen LogP contribution in [0.2, 0.25) is 0 Å². The van der Waals surface area contributed by atoms with Crippen molar-refractivity contribution >= 4 is 28.3 Å². The molecule has 0 aliphatic rings. The number of carbonyl (C=O) groups is 1. The maximum absolute atomic E-state index is 12.2. The zero-order valence-electron chi connectivity index (χ0n) is 11.7. The first-order valence-corrected chi connectivity index (χ1v) is 6.33. The Kier molecular flexibility index (Phi) is 3.09. The predicted molar refractivity (Wildman–Crippen MR) is 76.7 cm³/mol. The lowest BCUT2D eigenvalue weighted by Gasteiger charge is -2.00. The Labute approximate surface area is 123 Å². The SMILES string of the molecule is Cc1nc(C)c(C(=O)Nc2n[nH]c3ccc([N+](=O)[O-])cc23)o1. The largest absolute Gasteiger partial charge is 0.436 e. The maximum Gasteiger partial charge on any atom is 0.294 e. The van der Waals surface area contributed by atoms with E-state index in [-0.39, 0.29) is 17.3 Å². The Bertz CT molecular complexity index is 895. The molecule has 0 aliphatic heterocycles. The third-order valence-electron chi connectivity index (χ3n) is 3.10. The van der Waals surface area contributed by atoms with Crippen LogP contribution >= 0.6 is 0 Å². The number of fused-ring (bicyclic) bond motifs is 1. The first kappa shape index (κ1) is 13.7. The van der Waals surface area contributed by atoms with Crippen molar-refractivity contribution in [1.82, 2.24) is 15.2 Å². The second-order valence-electron chi connectivity index (χ2n) is 4.66. The monoisotopic (exact) mass is 301 g/mol. The van der Waals surface area contributed by atoms with Crippen LogP contribution in [0.15, 0.2) is 22.6 Å². The first-order chi connectivity index (χ1) is 10.5. The molecule has 0 spiro atoms. The van der Waals surface area contributed by atoms with Gasteiger partial charge in [0, 0.05) is 19.1 Å². The topological polar surface area (TPSA) is 127 Å². The van der Waals surface area contributed by atoms with E-state index >= 15 is 0 Å². The molecule has 0 unspecified atom stereocenters. The molecule has 0 saturated carbocycles. The molecule has 2 aromatic heterocycles. The number of nitro groups is 1. The summed E-state index contributed by atoms with van der Waals surface area (Å²) >= 11 is 0. The normalized spacial score (nSPS) is 10.8. The lowest BCUT2D eigenvalue weighted by Crippen LogP contribution is -2.12. The van der Waals surface area contributed by atoms with Crippen LogP contribution in [0.3, 0.4) is 0 Å². The summed E-state index contributed by atoms with van der Waals surface area (Å²) in [6.45, 7) is 3.29. The number of nitro benzene ring substituents is 1. The summed E-state index contributed by atoms with van der Waals surface area (Å²) in [6, 6.07) is 4.23. The van der Waals surface area contributed by atoms with Crippen LogP contribution in [-0.2, 0) is 0 Å². The number of hydrogen-bond acceptors (Lipinski definition) is 6. The van der Waals surface area contributed by atoms with Crippen molar-refractivity contribution in [3.05, 3.63) is 45.7 Å². The van der Waals surface area contributed by atoms with E-state index in [2.05, 4.69) is 20.5 Å². The number of aromatic nitrogens is 3. The molecule has 1 aromatic carbocycles. The quantitative estimate of drug-likeness (QED) is 0.564. The molecule has 1 amide bonds. The van der Waals surface area contributed by atoms with Gasteiger partial charge in [-0.1, -0.05) is 0 Å². The minimum absolute atomic E-state index is 0.0825. The van der Waals surface area contributed by atoms with Crippen molar-refractivity contribution in [2.24, 2.45) is 0 Å². The number of aromatic amines is 1. The van der Waals surface area contributed by atoms with Crippen molar-refractivity contribution < 1.29 is 14.1 Å². The third-order valence-corrected chi connectivity index (χ3v) is 3.10. The van der Waals surface area contributed by atoms with Crippen molar-refractivity contribution in [2.45, 2.75) is 13.8 Å². The van der Waals surface area contributed by atoms with Crippen LogP contribution in [0.1, 0.15) is 22.1 Å². The molecule has 0 saturated heterocycles. The second kappa shape index (κ2) is 4.95. The smallest absolute Gasteiger partial charge is 0.294 e. The van der Waals surface area contributed by atoms with Gasteiger partial charge in [-0.05, 0) is 13.0 Å². The van der Waals surface area contributed by atoms with E-state index in [0.29, 0.717) is 22.5 Å². The van der Waals surface area contributed by atoms with Crippen LogP contribution < -0.4 is 5.32 Å². The van der Waals surface area contributed by atoms with Gasteiger partial charge in [-0.3, -0.25) is 20.0 Å². The minimum atomic E-state index is -0.516. The fourth-order valence-corrected chi connectivity index (χ4v) is 2.12. The molecule has 2 N–H and O–H groups in total. The van der Waals surface area contributed by atoms with Crippen LogP contribution in [-0.4, -0.2) is 26.0 Å². The summed E-state index contributed by atoms with van der Waals surface area (Å²) < 4.78 is 5.23. The highest BCUT2D eigenvalue weighted by atomic mass is 16.6. The van der Waals surface area contributed by atoms with Crippen molar-refractivity contribution in [3.63, 3.8) is 0 Å². The van der Waals surface area contributed by atoms with E-state index in [4.69, 9.17) is 4.42 Å². The van der Waals surface area contributed by atoms with Crippen molar-refractivity contribution in [2.75, 3.05) is 5.32 Å². The number of H-pyrrole nitrogens is 1. The van der Waals surface area contributed by atoms with Crippen molar-refractivity contribution in [3.8, 4) is 0 Å². The first-order valence-electron chi connectivity index (χ1n) is 6.33. The molecular weight excluding hydrogens is 290 g/mol. The zero-order chi connectivity index (χ0) is 15.9. The summed E-state index contributed by atoms with van der Waals surface area (Å²) in [5.74, 6) is 0.138. The fraction of sp³-hybridized carbons (Fsp3) is 0.154. The predicted octanol–water partition coefficient (Wildman–Crippen LogP) is 2.33. The lowest BCUT2D eigenvalue weighted by molar-refractivity contribution is -0.384. The van der Waals surface area contributed by atoms with Gasteiger partial charge in [0.05, 0.1) is 21.5 Å². The molecule has 9 nitrogen and oxygen atoms in total. The highest BCUT2D eigenvalue weighted by molar-refractivity contribution is 6.07. The standard InChI is InChI=1S/C13H11N5O4/c1-6-11(22-7(2)14-6)13(19)15-12-9-5-8(18(20)21)3-4-10(9)16-17-12/h3-5H,1-2H3,(H2,15,16,17,19). The Morgan fingerprint density at radius 1 is 1.41 bits per heavy atom. The number of nitrogens with zero attached hydrogens (tertiary/aromatic N) is 3.